The summed E-state index contributed by atoms with van der Waals surface area (Å²) in [5.74, 6) is 0.962. The molecule has 1 aliphatic carbocycles. The first-order valence-corrected chi connectivity index (χ1v) is 52.2. The minimum absolute atomic E-state index is 0.0852. The summed E-state index contributed by atoms with van der Waals surface area (Å²) in [5.41, 5.74) is 4.71. The van der Waals surface area contributed by atoms with Crippen LogP contribution in [0.5, 0.6) is 0 Å². The third-order valence-electron chi connectivity index (χ3n) is 25.3. The van der Waals surface area contributed by atoms with E-state index in [1.54, 1.807) is 80.2 Å². The highest BCUT2D eigenvalue weighted by atomic mass is 32.1. The van der Waals surface area contributed by atoms with Crippen molar-refractivity contribution in [3.8, 4) is 41.8 Å². The molecular formula is C103H150N20O12S4. The lowest BCUT2D eigenvalue weighted by molar-refractivity contribution is 0.0628. The number of hydrogen-bond acceptors (Lipinski definition) is 28. The molecule has 5 aliphatic heterocycles. The van der Waals surface area contributed by atoms with Gasteiger partial charge in [-0.05, 0) is 256 Å². The van der Waals surface area contributed by atoms with E-state index in [-0.39, 0.29) is 139 Å². The number of nitrogens with zero attached hydrogens (tertiary/aromatic N) is 12. The Bertz CT molecular complexity index is 5520. The van der Waals surface area contributed by atoms with Crippen LogP contribution in [0.2, 0.25) is 0 Å². The molecule has 12 N–H and O–H groups in total. The van der Waals surface area contributed by atoms with Gasteiger partial charge >= 0.3 is 0 Å². The summed E-state index contributed by atoms with van der Waals surface area (Å²) in [6.45, 7) is 54.4. The first kappa shape index (κ1) is 109. The van der Waals surface area contributed by atoms with Crippen LogP contribution in [0.4, 0.5) is 23.3 Å². The summed E-state index contributed by atoms with van der Waals surface area (Å²) in [6.07, 6.45) is 21.8. The Morgan fingerprint density at radius 3 is 0.827 bits per heavy atom. The van der Waals surface area contributed by atoms with Gasteiger partial charge in [0.25, 0.3) is 47.3 Å². The topological polar surface area (TPSA) is 430 Å². The minimum Gasteiger partial charge on any atom is -0.389 e. The molecule has 13 heterocycles. The number of hydrogen-bond donors (Lipinski definition) is 12. The van der Waals surface area contributed by atoms with Gasteiger partial charge in [0.1, 0.15) is 46.0 Å². The number of fused-ring (bicyclic) bond motifs is 2. The van der Waals surface area contributed by atoms with Crippen molar-refractivity contribution in [1.29, 1.82) is 0 Å². The standard InChI is InChI=1S/C27H37N5O3S.C26H39N5O3S.2C25H37N5O3S/c1-16-12-20(29-15-27(4)10-5-11-27)28-13-19(16)22-21(25(34)32-17-6-7-18(32)9-8-17)31-24(36-22)23(33)30-14-26(2,3)35;1-16-12-19(28-14-25(3,4)5)27-13-18(16)21-20(24(33)31-11-9-8-10-17(31)2)30-23(35-21)22(32)29-15-26(6,7)34;2*1-15-11-18(27-13-24(3,4)5)26-12-17(15)20-19(23(32)30-10-8-9-16(30)2)29-22(34-20)21(31)28-14-25(6,7)33/h12-13,17-18,35H,5-11,14-15H2,1-4H3,(H,28,29)(H,30,33);12-13,17,34H,8-11,14-15H2,1-7H3,(H,27,28)(H,29,32);2*11-12,16,33H,8-10,13-14H2,1-7H3,(H,26,27)(H,28,31)/t;17-;2*16-/m.000/s1. The lowest BCUT2D eigenvalue weighted by Gasteiger charge is -2.38. The minimum atomic E-state index is -1.05. The molecular weight excluding hydrogens is 1840 g/mol. The van der Waals surface area contributed by atoms with Crippen molar-refractivity contribution < 1.29 is 58.8 Å². The summed E-state index contributed by atoms with van der Waals surface area (Å²) in [6, 6.07) is 8.83. The summed E-state index contributed by atoms with van der Waals surface area (Å²) in [5, 5.41) is 65.2. The SMILES string of the molecule is Cc1cc(NCC(C)(C)C)ncc1-c1sc(C(=O)NCC(C)(C)O)nc1C(=O)N1CCCC[C@@H]1C.Cc1cc(NCC(C)(C)C)ncc1-c1sc(C(=O)NCC(C)(C)O)nc1C(=O)N1CCC[C@@H]1C.Cc1cc(NCC(C)(C)C)ncc1-c1sc(C(=O)NCC(C)(C)O)nc1C(=O)N1CCC[C@@H]1C.Cc1cc(NCC2(C)CCC2)ncc1-c1sc(C(=O)NCC(C)(C)O)nc1C(=O)N1C2CCC1CC2. The molecule has 8 aromatic heterocycles. The molecule has 14 rings (SSSR count). The zero-order valence-electron chi connectivity index (χ0n) is 86.2. The fourth-order valence-corrected chi connectivity index (χ4v) is 21.2. The van der Waals surface area contributed by atoms with Crippen LogP contribution in [0.25, 0.3) is 41.8 Å². The Hall–Kier alpha value is -10.1. The molecule has 139 heavy (non-hydrogen) atoms. The fraction of sp³-hybridized carbons (Fsp3) is 0.612. The first-order chi connectivity index (χ1) is 64.8. The van der Waals surface area contributed by atoms with E-state index in [9.17, 15) is 58.8 Å². The monoisotopic (exact) mass is 1990 g/mol. The first-order valence-electron chi connectivity index (χ1n) is 48.9. The number of nitrogens with one attached hydrogen (secondary N) is 8. The molecule has 0 spiro atoms. The normalized spacial score (nSPS) is 18.2. The second-order valence-corrected chi connectivity index (χ2v) is 49.1. The average Bonchev–Trinajstić information content (AvgIpc) is 1.63. The zero-order chi connectivity index (χ0) is 102. The Balaban J connectivity index is 0.000000178. The highest BCUT2D eigenvalue weighted by Gasteiger charge is 2.45. The van der Waals surface area contributed by atoms with E-state index < -0.39 is 40.1 Å². The van der Waals surface area contributed by atoms with Gasteiger partial charge in [-0.15, -0.1) is 45.3 Å². The van der Waals surface area contributed by atoms with Crippen LogP contribution in [0.3, 0.4) is 0 Å². The smallest absolute Gasteiger partial charge is 0.280 e. The quantitative estimate of drug-likeness (QED) is 0.0207. The number of anilines is 4. The number of rotatable bonds is 29. The number of aromatic nitrogens is 8. The molecule has 2 bridgehead atoms. The number of aliphatic hydroxyl groups is 4. The van der Waals surface area contributed by atoms with E-state index in [4.69, 9.17) is 0 Å². The Labute approximate surface area is 836 Å². The van der Waals surface area contributed by atoms with Crippen LogP contribution < -0.4 is 42.5 Å². The Kier molecular flexibility index (Phi) is 35.4. The summed E-state index contributed by atoms with van der Waals surface area (Å²) in [4.78, 5) is 152. The van der Waals surface area contributed by atoms with Crippen LogP contribution in [-0.4, -0.2) is 252 Å². The maximum absolute atomic E-state index is 13.8. The number of carbonyl (C=O) groups is 8. The van der Waals surface area contributed by atoms with E-state index in [0.29, 0.717) is 50.3 Å². The molecule has 1 saturated carbocycles. The number of likely N-dealkylation sites (tertiary alicyclic amines) is 3. The molecule has 6 fully saturated rings. The molecule has 758 valence electrons. The van der Waals surface area contributed by atoms with Gasteiger partial charge in [-0.1, -0.05) is 75.7 Å². The predicted molar refractivity (Wildman–Crippen MR) is 555 cm³/mol. The molecule has 6 aliphatic rings. The van der Waals surface area contributed by atoms with Crippen molar-refractivity contribution in [2.75, 3.05) is 93.3 Å². The van der Waals surface area contributed by atoms with Gasteiger partial charge in [0, 0.05) is 149 Å². The number of piperidine rings is 1. The van der Waals surface area contributed by atoms with Gasteiger partial charge in [0.2, 0.25) is 0 Å². The Morgan fingerprint density at radius 2 is 0.604 bits per heavy atom. The highest BCUT2D eigenvalue weighted by molar-refractivity contribution is 7.18. The molecule has 0 aromatic carbocycles. The van der Waals surface area contributed by atoms with Crippen molar-refractivity contribution in [1.82, 2.24) is 80.7 Å². The van der Waals surface area contributed by atoms with E-state index in [2.05, 4.69) is 159 Å². The van der Waals surface area contributed by atoms with Crippen molar-refractivity contribution in [2.24, 2.45) is 21.7 Å². The lowest BCUT2D eigenvalue weighted by Crippen LogP contribution is -2.42. The summed E-state index contributed by atoms with van der Waals surface area (Å²) < 4.78 is 0. The van der Waals surface area contributed by atoms with Gasteiger partial charge in [0.05, 0.1) is 41.9 Å². The molecule has 0 unspecified atom stereocenters. The third kappa shape index (κ3) is 30.3. The largest absolute Gasteiger partial charge is 0.389 e. The van der Waals surface area contributed by atoms with Crippen molar-refractivity contribution in [2.45, 2.75) is 316 Å². The maximum Gasteiger partial charge on any atom is 0.280 e. The number of pyridine rings is 4. The number of amides is 8. The third-order valence-corrected chi connectivity index (χ3v) is 29.6. The molecule has 8 aromatic rings. The zero-order valence-corrected chi connectivity index (χ0v) is 89.5. The molecule has 36 heteroatoms. The van der Waals surface area contributed by atoms with Crippen molar-refractivity contribution in [3.05, 3.63) is 114 Å². The van der Waals surface area contributed by atoms with Crippen LogP contribution in [-0.2, 0) is 0 Å². The van der Waals surface area contributed by atoms with Gasteiger partial charge in [0.15, 0.2) is 20.0 Å². The van der Waals surface area contributed by atoms with Gasteiger partial charge in [-0.3, -0.25) is 38.4 Å². The Morgan fingerprint density at radius 1 is 0.353 bits per heavy atom. The van der Waals surface area contributed by atoms with Crippen molar-refractivity contribution in [3.63, 3.8) is 0 Å². The van der Waals surface area contributed by atoms with Crippen LogP contribution in [0.15, 0.2) is 49.1 Å². The van der Waals surface area contributed by atoms with Gasteiger partial charge in [-0.25, -0.2) is 39.9 Å². The van der Waals surface area contributed by atoms with E-state index >= 15 is 0 Å². The second kappa shape index (κ2) is 45.0. The van der Waals surface area contributed by atoms with Gasteiger partial charge < -0.3 is 82.6 Å². The molecule has 3 atom stereocenters. The molecule has 0 radical (unpaired) electrons. The van der Waals surface area contributed by atoms with E-state index in [1.165, 1.54) is 64.6 Å². The molecule has 32 nitrogen and oxygen atoms in total. The summed E-state index contributed by atoms with van der Waals surface area (Å²) in [7, 11) is 0. The van der Waals surface area contributed by atoms with Crippen LogP contribution in [0.1, 0.15) is 339 Å². The van der Waals surface area contributed by atoms with Crippen molar-refractivity contribution >= 4 is 116 Å². The number of thiazole rings is 4. The molecule has 8 amide bonds. The molecule has 5 saturated heterocycles. The average molecular weight is 1990 g/mol. The van der Waals surface area contributed by atoms with Gasteiger partial charge in [-0.2, -0.15) is 0 Å². The van der Waals surface area contributed by atoms with E-state index in [0.717, 1.165) is 165 Å². The maximum atomic E-state index is 13.8. The number of carbonyl (C=O) groups excluding carboxylic acids is 8. The summed E-state index contributed by atoms with van der Waals surface area (Å²) >= 11 is 4.78. The fourth-order valence-electron chi connectivity index (χ4n) is 17.0. The highest BCUT2D eigenvalue weighted by Crippen LogP contribution is 2.45. The van der Waals surface area contributed by atoms with E-state index in [1.807, 2.05) is 85.4 Å². The number of aryl methyl sites for hydroxylation is 4. The second-order valence-electron chi connectivity index (χ2n) is 45.1. The predicted octanol–water partition coefficient (Wildman–Crippen LogP) is 17.1. The lowest BCUT2D eigenvalue weighted by atomic mass is 9.70. The van der Waals surface area contributed by atoms with Crippen LogP contribution >= 0.6 is 45.3 Å². The van der Waals surface area contributed by atoms with Crippen LogP contribution in [0, 0.1) is 49.4 Å².